The molecular formula is C16H22ClFN2O. The Labute approximate surface area is 130 Å². The molecule has 116 valence electrons. The van der Waals surface area contributed by atoms with Crippen molar-refractivity contribution in [1.82, 2.24) is 5.32 Å². The summed E-state index contributed by atoms with van der Waals surface area (Å²) >= 11 is 6.11. The number of nitrogens with two attached hydrogens (primary N) is 1. The lowest BCUT2D eigenvalue weighted by atomic mass is 9.84. The van der Waals surface area contributed by atoms with Gasteiger partial charge < -0.3 is 11.1 Å². The summed E-state index contributed by atoms with van der Waals surface area (Å²) in [6.07, 6.45) is 3.46. The van der Waals surface area contributed by atoms with Crippen molar-refractivity contribution in [3.63, 3.8) is 0 Å². The van der Waals surface area contributed by atoms with Gasteiger partial charge in [0.2, 0.25) is 5.91 Å². The minimum Gasteiger partial charge on any atom is -0.354 e. The van der Waals surface area contributed by atoms with Gasteiger partial charge in [-0.15, -0.1) is 0 Å². The van der Waals surface area contributed by atoms with Crippen molar-refractivity contribution in [3.8, 4) is 0 Å². The highest BCUT2D eigenvalue weighted by atomic mass is 35.5. The fourth-order valence-electron chi connectivity index (χ4n) is 2.84. The first-order valence-electron chi connectivity index (χ1n) is 7.27. The summed E-state index contributed by atoms with van der Waals surface area (Å²) in [6, 6.07) is 4.34. The van der Waals surface area contributed by atoms with Crippen LogP contribution in [0.2, 0.25) is 5.02 Å². The van der Waals surface area contributed by atoms with Crippen LogP contribution < -0.4 is 11.1 Å². The third-order valence-electron chi connectivity index (χ3n) is 4.30. The molecular weight excluding hydrogens is 291 g/mol. The molecule has 1 aliphatic rings. The van der Waals surface area contributed by atoms with E-state index in [1.54, 1.807) is 6.07 Å². The van der Waals surface area contributed by atoms with Gasteiger partial charge in [0.1, 0.15) is 5.82 Å². The van der Waals surface area contributed by atoms with E-state index in [4.69, 9.17) is 17.3 Å². The fourth-order valence-corrected chi connectivity index (χ4v) is 3.27. The van der Waals surface area contributed by atoms with Gasteiger partial charge in [-0.2, -0.15) is 0 Å². The van der Waals surface area contributed by atoms with E-state index in [-0.39, 0.29) is 11.7 Å². The second kappa shape index (κ2) is 5.93. The molecule has 5 heteroatoms. The first-order chi connectivity index (χ1) is 9.74. The van der Waals surface area contributed by atoms with Crippen molar-refractivity contribution >= 4 is 17.5 Å². The smallest absolute Gasteiger partial charge is 0.240 e. The van der Waals surface area contributed by atoms with Crippen LogP contribution >= 0.6 is 11.6 Å². The van der Waals surface area contributed by atoms with E-state index in [9.17, 15) is 9.18 Å². The second-order valence-electron chi connectivity index (χ2n) is 6.55. The summed E-state index contributed by atoms with van der Waals surface area (Å²) in [5.74, 6) is -0.471. The molecule has 0 aromatic heterocycles. The molecule has 1 saturated carbocycles. The van der Waals surface area contributed by atoms with E-state index in [0.717, 1.165) is 31.2 Å². The normalized spacial score (nSPS) is 17.8. The average Bonchev–Trinajstić information content (AvgIpc) is 2.84. The van der Waals surface area contributed by atoms with Crippen LogP contribution in [-0.2, 0) is 10.2 Å². The summed E-state index contributed by atoms with van der Waals surface area (Å²) in [4.78, 5) is 12.3. The molecule has 0 aliphatic heterocycles. The molecule has 0 heterocycles. The predicted molar refractivity (Wildman–Crippen MR) is 82.8 cm³/mol. The van der Waals surface area contributed by atoms with Gasteiger partial charge in [0.15, 0.2) is 0 Å². The van der Waals surface area contributed by atoms with Gasteiger partial charge in [-0.3, -0.25) is 4.79 Å². The number of nitrogens with one attached hydrogen (secondary N) is 1. The van der Waals surface area contributed by atoms with E-state index in [1.807, 2.05) is 13.8 Å². The van der Waals surface area contributed by atoms with E-state index in [2.05, 4.69) is 5.32 Å². The van der Waals surface area contributed by atoms with Crippen LogP contribution in [0, 0.1) is 5.82 Å². The van der Waals surface area contributed by atoms with Crippen molar-refractivity contribution in [2.45, 2.75) is 50.5 Å². The zero-order valence-corrected chi connectivity index (χ0v) is 13.3. The Morgan fingerprint density at radius 1 is 1.43 bits per heavy atom. The summed E-state index contributed by atoms with van der Waals surface area (Å²) in [5.41, 5.74) is 5.81. The number of halogens is 2. The Hall–Kier alpha value is -1.13. The summed E-state index contributed by atoms with van der Waals surface area (Å²) in [5, 5.41) is 3.30. The highest BCUT2D eigenvalue weighted by Gasteiger charge is 2.37. The van der Waals surface area contributed by atoms with Crippen molar-refractivity contribution in [1.29, 1.82) is 0 Å². The van der Waals surface area contributed by atoms with Crippen LogP contribution in [-0.4, -0.2) is 18.0 Å². The van der Waals surface area contributed by atoms with Gasteiger partial charge in [-0.1, -0.05) is 44.4 Å². The minimum atomic E-state index is -0.733. The highest BCUT2D eigenvalue weighted by Crippen LogP contribution is 2.31. The van der Waals surface area contributed by atoms with Crippen molar-refractivity contribution in [2.75, 3.05) is 6.54 Å². The van der Waals surface area contributed by atoms with Crippen molar-refractivity contribution in [2.24, 2.45) is 5.73 Å². The van der Waals surface area contributed by atoms with Crippen molar-refractivity contribution < 1.29 is 9.18 Å². The summed E-state index contributed by atoms with van der Waals surface area (Å²) < 4.78 is 13.1. The molecule has 1 aromatic rings. The highest BCUT2D eigenvalue weighted by molar-refractivity contribution is 6.31. The third-order valence-corrected chi connectivity index (χ3v) is 4.61. The molecule has 1 fully saturated rings. The van der Waals surface area contributed by atoms with Gasteiger partial charge in [0.05, 0.1) is 5.54 Å². The number of rotatable bonds is 4. The maximum Gasteiger partial charge on any atom is 0.240 e. The summed E-state index contributed by atoms with van der Waals surface area (Å²) in [6.45, 7) is 4.34. The quantitative estimate of drug-likeness (QED) is 0.897. The van der Waals surface area contributed by atoms with Crippen LogP contribution in [0.3, 0.4) is 0 Å². The Balaban J connectivity index is 2.05. The number of amides is 1. The predicted octanol–water partition coefficient (Wildman–Crippen LogP) is 3.14. The Bertz CT molecular complexity index is 539. The van der Waals surface area contributed by atoms with Gasteiger partial charge in [-0.25, -0.2) is 4.39 Å². The zero-order valence-electron chi connectivity index (χ0n) is 12.5. The third kappa shape index (κ3) is 3.55. The van der Waals surface area contributed by atoms with Crippen LogP contribution in [0.4, 0.5) is 4.39 Å². The molecule has 1 amide bonds. The number of hydrogen-bond acceptors (Lipinski definition) is 2. The number of carbonyl (C=O) groups is 1. The largest absolute Gasteiger partial charge is 0.354 e. The lowest BCUT2D eigenvalue weighted by molar-refractivity contribution is -0.126. The van der Waals surface area contributed by atoms with Crippen molar-refractivity contribution in [3.05, 3.63) is 34.6 Å². The zero-order chi connectivity index (χ0) is 15.7. The maximum atomic E-state index is 13.1. The Morgan fingerprint density at radius 2 is 2.05 bits per heavy atom. The maximum absolute atomic E-state index is 13.1. The molecule has 0 spiro atoms. The van der Waals surface area contributed by atoms with Gasteiger partial charge in [0.25, 0.3) is 0 Å². The number of benzene rings is 1. The first kappa shape index (κ1) is 16.2. The Morgan fingerprint density at radius 3 is 2.62 bits per heavy atom. The first-order valence-corrected chi connectivity index (χ1v) is 7.65. The molecule has 3 nitrogen and oxygen atoms in total. The van der Waals surface area contributed by atoms with Crippen LogP contribution in [0.5, 0.6) is 0 Å². The molecule has 0 atom stereocenters. The van der Waals surface area contributed by atoms with Crippen LogP contribution in [0.25, 0.3) is 0 Å². The SMILES string of the molecule is CC(C)(CNC(=O)C1(N)CCCC1)c1ccc(F)cc1Cl. The number of hydrogen-bond donors (Lipinski definition) is 2. The van der Waals surface area contributed by atoms with Gasteiger partial charge in [0, 0.05) is 17.0 Å². The summed E-state index contributed by atoms with van der Waals surface area (Å²) in [7, 11) is 0. The second-order valence-corrected chi connectivity index (χ2v) is 6.96. The topological polar surface area (TPSA) is 55.1 Å². The van der Waals surface area contributed by atoms with E-state index < -0.39 is 11.0 Å². The minimum absolute atomic E-state index is 0.105. The molecule has 21 heavy (non-hydrogen) atoms. The molecule has 0 bridgehead atoms. The van der Waals surface area contributed by atoms with Gasteiger partial charge >= 0.3 is 0 Å². The molecule has 3 N–H and O–H groups in total. The average molecular weight is 313 g/mol. The monoisotopic (exact) mass is 312 g/mol. The van der Waals surface area contributed by atoms with E-state index >= 15 is 0 Å². The molecule has 1 aliphatic carbocycles. The van der Waals surface area contributed by atoms with Crippen LogP contribution in [0.15, 0.2) is 18.2 Å². The lowest BCUT2D eigenvalue weighted by Crippen LogP contribution is -2.53. The Kier molecular flexibility index (Phi) is 4.59. The molecule has 2 rings (SSSR count). The molecule has 0 radical (unpaired) electrons. The molecule has 1 aromatic carbocycles. The van der Waals surface area contributed by atoms with E-state index in [1.165, 1.54) is 12.1 Å². The number of carbonyl (C=O) groups excluding carboxylic acids is 1. The van der Waals surface area contributed by atoms with E-state index in [0.29, 0.717) is 11.6 Å². The standard InChI is InChI=1S/C16H22ClFN2O/c1-15(2,12-6-5-11(18)9-13(12)17)10-20-14(21)16(19)7-3-4-8-16/h5-6,9H,3-4,7-8,10,19H2,1-2H3,(H,20,21). The van der Waals surface area contributed by atoms with Crippen LogP contribution in [0.1, 0.15) is 45.1 Å². The van der Waals surface area contributed by atoms with Gasteiger partial charge in [-0.05, 0) is 30.5 Å². The fraction of sp³-hybridized carbons (Fsp3) is 0.562. The lowest BCUT2D eigenvalue weighted by Gasteiger charge is -2.29. The molecule has 0 unspecified atom stereocenters. The molecule has 0 saturated heterocycles.